The number of pyridine rings is 1. The Labute approximate surface area is 129 Å². The van der Waals surface area contributed by atoms with Crippen molar-refractivity contribution in [1.29, 1.82) is 0 Å². The number of anilines is 1. The molecule has 0 saturated carbocycles. The molecule has 0 fully saturated rings. The molecule has 0 saturated heterocycles. The van der Waals surface area contributed by atoms with Crippen molar-refractivity contribution in [2.45, 2.75) is 19.9 Å². The first-order chi connectivity index (χ1) is 10.5. The number of ether oxygens (including phenoxy) is 2. The molecule has 2 rings (SSSR count). The molecule has 1 heterocycles. The Morgan fingerprint density at radius 3 is 2.59 bits per heavy atom. The summed E-state index contributed by atoms with van der Waals surface area (Å²) in [6.07, 6.45) is 1.52. The van der Waals surface area contributed by atoms with Gasteiger partial charge in [0.05, 0.1) is 25.0 Å². The lowest BCUT2D eigenvalue weighted by Gasteiger charge is -2.11. The lowest BCUT2D eigenvalue weighted by molar-refractivity contribution is -0.117. The fourth-order valence-corrected chi connectivity index (χ4v) is 1.81. The zero-order chi connectivity index (χ0) is 16.1. The largest absolute Gasteiger partial charge is 0.496 e. The van der Waals surface area contributed by atoms with Gasteiger partial charge in [-0.15, -0.1) is 0 Å². The average molecular weight is 301 g/mol. The van der Waals surface area contributed by atoms with Gasteiger partial charge < -0.3 is 20.5 Å². The van der Waals surface area contributed by atoms with E-state index in [0.717, 1.165) is 11.3 Å². The summed E-state index contributed by atoms with van der Waals surface area (Å²) in [5, 5.41) is 2.66. The highest BCUT2D eigenvalue weighted by molar-refractivity contribution is 5.94. The molecule has 0 bridgehead atoms. The van der Waals surface area contributed by atoms with Crippen molar-refractivity contribution in [1.82, 2.24) is 4.98 Å². The fraction of sp³-hybridized carbons (Fsp3) is 0.250. The van der Waals surface area contributed by atoms with Crippen LogP contribution in [0.2, 0.25) is 0 Å². The summed E-state index contributed by atoms with van der Waals surface area (Å²) in [6.45, 7) is 3.53. The predicted octanol–water partition coefficient (Wildman–Crippen LogP) is 2.48. The summed E-state index contributed by atoms with van der Waals surface area (Å²) in [5.74, 6) is 1.58. The first-order valence-corrected chi connectivity index (χ1v) is 6.85. The molecule has 1 amide bonds. The number of hydrogen-bond donors (Lipinski definition) is 2. The van der Waals surface area contributed by atoms with Gasteiger partial charge in [0.15, 0.2) is 0 Å². The summed E-state index contributed by atoms with van der Waals surface area (Å²) < 4.78 is 11.0. The maximum absolute atomic E-state index is 11.5. The van der Waals surface area contributed by atoms with Crippen LogP contribution in [0.3, 0.4) is 0 Å². The molecule has 1 aromatic heterocycles. The van der Waals surface area contributed by atoms with Crippen LogP contribution in [0.4, 0.5) is 5.69 Å². The lowest BCUT2D eigenvalue weighted by Crippen LogP contribution is -2.32. The van der Waals surface area contributed by atoms with Gasteiger partial charge in [0.1, 0.15) is 11.5 Å². The van der Waals surface area contributed by atoms with E-state index >= 15 is 0 Å². The molecule has 1 aromatic carbocycles. The van der Waals surface area contributed by atoms with Gasteiger partial charge >= 0.3 is 0 Å². The molecular weight excluding hydrogens is 282 g/mol. The third-order valence-electron chi connectivity index (χ3n) is 3.09. The molecule has 2 aromatic rings. The van der Waals surface area contributed by atoms with Gasteiger partial charge in [0, 0.05) is 11.6 Å². The van der Waals surface area contributed by atoms with Gasteiger partial charge in [-0.3, -0.25) is 4.79 Å². The number of methoxy groups -OCH3 is 1. The Morgan fingerprint density at radius 2 is 2.00 bits per heavy atom. The highest BCUT2D eigenvalue weighted by atomic mass is 16.5. The van der Waals surface area contributed by atoms with E-state index < -0.39 is 6.04 Å². The molecule has 6 nitrogen and oxygen atoms in total. The van der Waals surface area contributed by atoms with Crippen LogP contribution in [-0.2, 0) is 4.79 Å². The molecule has 1 unspecified atom stereocenters. The topological polar surface area (TPSA) is 86.5 Å². The van der Waals surface area contributed by atoms with Gasteiger partial charge in [-0.1, -0.05) is 6.07 Å². The van der Waals surface area contributed by atoms with E-state index in [1.807, 2.05) is 25.1 Å². The second-order valence-corrected chi connectivity index (χ2v) is 4.85. The van der Waals surface area contributed by atoms with E-state index in [1.54, 1.807) is 26.2 Å². The summed E-state index contributed by atoms with van der Waals surface area (Å²) in [6, 6.07) is 8.36. The Kier molecular flexibility index (Phi) is 4.95. The minimum atomic E-state index is -0.574. The molecule has 0 spiro atoms. The van der Waals surface area contributed by atoms with Gasteiger partial charge in [-0.05, 0) is 32.0 Å². The van der Waals surface area contributed by atoms with Gasteiger partial charge in [0.2, 0.25) is 11.8 Å². The number of nitrogens with zero attached hydrogens (tertiary/aromatic N) is 1. The predicted molar refractivity (Wildman–Crippen MR) is 84.3 cm³/mol. The molecule has 0 radical (unpaired) electrons. The average Bonchev–Trinajstić information content (AvgIpc) is 2.51. The number of nitrogens with two attached hydrogens (primary N) is 1. The van der Waals surface area contributed by atoms with E-state index in [4.69, 9.17) is 15.2 Å². The van der Waals surface area contributed by atoms with Crippen LogP contribution < -0.4 is 20.5 Å². The fourth-order valence-electron chi connectivity index (χ4n) is 1.81. The van der Waals surface area contributed by atoms with Crippen LogP contribution in [0.1, 0.15) is 12.5 Å². The second kappa shape index (κ2) is 6.91. The molecule has 3 N–H and O–H groups in total. The number of nitrogens with one attached hydrogen (secondary N) is 1. The number of benzene rings is 1. The third kappa shape index (κ3) is 3.73. The van der Waals surface area contributed by atoms with Crippen LogP contribution in [0.25, 0.3) is 0 Å². The highest BCUT2D eigenvalue weighted by Crippen LogP contribution is 2.30. The molecule has 6 heteroatoms. The Morgan fingerprint density at radius 1 is 1.27 bits per heavy atom. The van der Waals surface area contributed by atoms with Crippen molar-refractivity contribution >= 4 is 11.6 Å². The normalized spacial score (nSPS) is 11.6. The standard InChI is InChI=1S/C16H19N3O3/c1-10-13(21-3)5-4-6-14(10)22-15-8-7-12(9-18-15)19-16(20)11(2)17/h4-9,11H,17H2,1-3H3,(H,19,20). The summed E-state index contributed by atoms with van der Waals surface area (Å²) in [4.78, 5) is 15.7. The first kappa shape index (κ1) is 15.8. The van der Waals surface area contributed by atoms with E-state index in [0.29, 0.717) is 17.3 Å². The number of carbonyl (C=O) groups is 1. The van der Waals surface area contributed by atoms with Crippen molar-refractivity contribution in [2.75, 3.05) is 12.4 Å². The van der Waals surface area contributed by atoms with Crippen LogP contribution in [0.15, 0.2) is 36.5 Å². The van der Waals surface area contributed by atoms with Crippen LogP contribution in [0.5, 0.6) is 17.4 Å². The van der Waals surface area contributed by atoms with Gasteiger partial charge in [-0.25, -0.2) is 4.98 Å². The van der Waals surface area contributed by atoms with E-state index in [9.17, 15) is 4.79 Å². The molecule has 0 aliphatic carbocycles. The highest BCUT2D eigenvalue weighted by Gasteiger charge is 2.09. The van der Waals surface area contributed by atoms with Crippen LogP contribution in [0, 0.1) is 6.92 Å². The molecule has 116 valence electrons. The number of hydrogen-bond acceptors (Lipinski definition) is 5. The Balaban J connectivity index is 2.10. The maximum atomic E-state index is 11.5. The molecule has 0 aliphatic rings. The monoisotopic (exact) mass is 301 g/mol. The van der Waals surface area contributed by atoms with Crippen LogP contribution in [-0.4, -0.2) is 24.0 Å². The zero-order valence-corrected chi connectivity index (χ0v) is 12.8. The second-order valence-electron chi connectivity index (χ2n) is 4.85. The van der Waals surface area contributed by atoms with Crippen molar-refractivity contribution in [3.63, 3.8) is 0 Å². The number of rotatable bonds is 5. The Bertz CT molecular complexity index is 654. The van der Waals surface area contributed by atoms with E-state index in [2.05, 4.69) is 10.3 Å². The van der Waals surface area contributed by atoms with E-state index in [-0.39, 0.29) is 5.91 Å². The van der Waals surface area contributed by atoms with Crippen molar-refractivity contribution in [3.05, 3.63) is 42.1 Å². The quantitative estimate of drug-likeness (QED) is 0.886. The minimum Gasteiger partial charge on any atom is -0.496 e. The Hall–Kier alpha value is -2.60. The smallest absolute Gasteiger partial charge is 0.241 e. The summed E-state index contributed by atoms with van der Waals surface area (Å²) in [7, 11) is 1.61. The van der Waals surface area contributed by atoms with Crippen molar-refractivity contribution in [3.8, 4) is 17.4 Å². The van der Waals surface area contributed by atoms with Gasteiger partial charge in [0.25, 0.3) is 0 Å². The summed E-state index contributed by atoms with van der Waals surface area (Å²) in [5.41, 5.74) is 6.95. The van der Waals surface area contributed by atoms with Gasteiger partial charge in [-0.2, -0.15) is 0 Å². The molecule has 0 aliphatic heterocycles. The first-order valence-electron chi connectivity index (χ1n) is 6.85. The lowest BCUT2D eigenvalue weighted by atomic mass is 10.2. The number of amides is 1. The van der Waals surface area contributed by atoms with Crippen molar-refractivity contribution in [2.24, 2.45) is 5.73 Å². The maximum Gasteiger partial charge on any atom is 0.241 e. The SMILES string of the molecule is COc1cccc(Oc2ccc(NC(=O)C(C)N)cn2)c1C. The molecule has 22 heavy (non-hydrogen) atoms. The van der Waals surface area contributed by atoms with Crippen LogP contribution >= 0.6 is 0 Å². The summed E-state index contributed by atoms with van der Waals surface area (Å²) >= 11 is 0. The van der Waals surface area contributed by atoms with E-state index in [1.165, 1.54) is 6.20 Å². The number of carbonyl (C=O) groups excluding carboxylic acids is 1. The van der Waals surface area contributed by atoms with Crippen molar-refractivity contribution < 1.29 is 14.3 Å². The zero-order valence-electron chi connectivity index (χ0n) is 12.8. The molecule has 1 atom stereocenters. The third-order valence-corrected chi connectivity index (χ3v) is 3.09. The molecular formula is C16H19N3O3. The minimum absolute atomic E-state index is 0.265. The number of aromatic nitrogens is 1.